The fourth-order valence-corrected chi connectivity index (χ4v) is 4.12. The van der Waals surface area contributed by atoms with Crippen molar-refractivity contribution >= 4 is 34.6 Å². The van der Waals surface area contributed by atoms with Crippen LogP contribution in [0.25, 0.3) is 0 Å². The van der Waals surface area contributed by atoms with Crippen LogP contribution >= 0.6 is 0 Å². The highest BCUT2D eigenvalue weighted by Gasteiger charge is 2.16. The Morgan fingerprint density at radius 3 is 1.97 bits per heavy atom. The molecule has 1 aromatic heterocycles. The normalized spacial score (nSPS) is 13.7. The lowest BCUT2D eigenvalue weighted by atomic mass is 10.0. The van der Waals surface area contributed by atoms with E-state index in [9.17, 15) is 4.79 Å². The number of hydrogen-bond acceptors (Lipinski definition) is 5. The van der Waals surface area contributed by atoms with Crippen molar-refractivity contribution in [2.24, 2.45) is 5.92 Å². The lowest BCUT2D eigenvalue weighted by Gasteiger charge is -2.12. The van der Waals surface area contributed by atoms with Crippen LogP contribution in [0.4, 0.5) is 28.7 Å². The van der Waals surface area contributed by atoms with Crippen LogP contribution in [0.15, 0.2) is 54.6 Å². The Hall–Kier alpha value is -3.41. The second-order valence-corrected chi connectivity index (χ2v) is 8.62. The van der Waals surface area contributed by atoms with Crippen LogP contribution in [0, 0.1) is 19.8 Å². The third-order valence-corrected chi connectivity index (χ3v) is 5.86. The standard InChI is InChI=1S/C26H31N5O/c1-18-7-10-21(11-8-18)29-24-17-25(28-19(2)27-24)30-22-12-14-23(15-13-22)31-26(32)16-9-20-5-3-4-6-20/h7-8,10-15,17,20H,3-6,9,16H2,1-2H3,(H,31,32)(H2,27,28,29,30). The number of carbonyl (C=O) groups excluding carboxylic acids is 1. The van der Waals surface area contributed by atoms with Crippen molar-refractivity contribution in [1.82, 2.24) is 9.97 Å². The Kier molecular flexibility index (Phi) is 7.00. The summed E-state index contributed by atoms with van der Waals surface area (Å²) in [5.41, 5.74) is 3.90. The molecular weight excluding hydrogens is 398 g/mol. The summed E-state index contributed by atoms with van der Waals surface area (Å²) in [4.78, 5) is 21.2. The minimum Gasteiger partial charge on any atom is -0.340 e. The molecule has 32 heavy (non-hydrogen) atoms. The minimum absolute atomic E-state index is 0.0934. The average Bonchev–Trinajstić information content (AvgIpc) is 3.29. The van der Waals surface area contributed by atoms with E-state index in [0.29, 0.717) is 18.1 Å². The summed E-state index contributed by atoms with van der Waals surface area (Å²) in [6.07, 6.45) is 6.78. The molecule has 0 radical (unpaired) electrons. The van der Waals surface area contributed by atoms with E-state index in [1.165, 1.54) is 31.2 Å². The van der Waals surface area contributed by atoms with Gasteiger partial charge in [-0.2, -0.15) is 0 Å². The second-order valence-electron chi connectivity index (χ2n) is 8.62. The maximum atomic E-state index is 12.2. The molecule has 1 saturated carbocycles. The number of rotatable bonds is 8. The molecule has 1 heterocycles. The number of aryl methyl sites for hydroxylation is 2. The summed E-state index contributed by atoms with van der Waals surface area (Å²) in [5.74, 6) is 2.94. The van der Waals surface area contributed by atoms with Gasteiger partial charge in [-0.25, -0.2) is 9.97 Å². The van der Waals surface area contributed by atoms with E-state index in [-0.39, 0.29) is 5.91 Å². The highest BCUT2D eigenvalue weighted by Crippen LogP contribution is 2.28. The lowest BCUT2D eigenvalue weighted by Crippen LogP contribution is -2.12. The lowest BCUT2D eigenvalue weighted by molar-refractivity contribution is -0.116. The van der Waals surface area contributed by atoms with Crippen LogP contribution in [0.1, 0.15) is 49.9 Å². The molecule has 0 bridgehead atoms. The van der Waals surface area contributed by atoms with Gasteiger partial charge in [-0.1, -0.05) is 43.4 Å². The van der Waals surface area contributed by atoms with Gasteiger partial charge in [0, 0.05) is 29.5 Å². The molecule has 0 atom stereocenters. The van der Waals surface area contributed by atoms with Crippen LogP contribution < -0.4 is 16.0 Å². The van der Waals surface area contributed by atoms with Crippen molar-refractivity contribution in [3.63, 3.8) is 0 Å². The van der Waals surface area contributed by atoms with Crippen molar-refractivity contribution in [2.45, 2.75) is 52.4 Å². The highest BCUT2D eigenvalue weighted by molar-refractivity contribution is 5.90. The molecular formula is C26H31N5O. The number of carbonyl (C=O) groups is 1. The number of benzene rings is 2. The van der Waals surface area contributed by atoms with Gasteiger partial charge >= 0.3 is 0 Å². The number of nitrogens with zero attached hydrogens (tertiary/aromatic N) is 2. The van der Waals surface area contributed by atoms with E-state index in [1.807, 2.05) is 49.4 Å². The molecule has 3 aromatic rings. The largest absolute Gasteiger partial charge is 0.340 e. The number of nitrogens with one attached hydrogen (secondary N) is 3. The summed E-state index contributed by atoms with van der Waals surface area (Å²) in [7, 11) is 0. The van der Waals surface area contributed by atoms with E-state index in [2.05, 4.69) is 45.0 Å². The van der Waals surface area contributed by atoms with Crippen LogP contribution in [0.3, 0.4) is 0 Å². The summed E-state index contributed by atoms with van der Waals surface area (Å²) >= 11 is 0. The van der Waals surface area contributed by atoms with Crippen molar-refractivity contribution in [3.8, 4) is 0 Å². The van der Waals surface area contributed by atoms with E-state index < -0.39 is 0 Å². The molecule has 3 N–H and O–H groups in total. The van der Waals surface area contributed by atoms with Gasteiger partial charge in [-0.15, -0.1) is 0 Å². The number of aromatic nitrogens is 2. The molecule has 6 heteroatoms. The third-order valence-electron chi connectivity index (χ3n) is 5.86. The zero-order chi connectivity index (χ0) is 22.3. The Morgan fingerprint density at radius 2 is 1.38 bits per heavy atom. The van der Waals surface area contributed by atoms with Crippen molar-refractivity contribution in [1.29, 1.82) is 0 Å². The molecule has 6 nitrogen and oxygen atoms in total. The molecule has 4 rings (SSSR count). The van der Waals surface area contributed by atoms with E-state index in [0.717, 1.165) is 35.2 Å². The molecule has 0 unspecified atom stereocenters. The van der Waals surface area contributed by atoms with Gasteiger partial charge in [0.05, 0.1) is 0 Å². The molecule has 1 aliphatic carbocycles. The Morgan fingerprint density at radius 1 is 0.844 bits per heavy atom. The van der Waals surface area contributed by atoms with Crippen LogP contribution in [-0.2, 0) is 4.79 Å². The maximum Gasteiger partial charge on any atom is 0.224 e. The Labute approximate surface area is 189 Å². The quantitative estimate of drug-likeness (QED) is 0.381. The summed E-state index contributed by atoms with van der Waals surface area (Å²) < 4.78 is 0. The van der Waals surface area contributed by atoms with Crippen LogP contribution in [0.2, 0.25) is 0 Å². The monoisotopic (exact) mass is 429 g/mol. The SMILES string of the molecule is Cc1ccc(Nc2cc(Nc3ccc(NC(=O)CCC4CCCC4)cc3)nc(C)n2)cc1. The predicted molar refractivity (Wildman–Crippen MR) is 131 cm³/mol. The zero-order valence-electron chi connectivity index (χ0n) is 18.8. The van der Waals surface area contributed by atoms with Gasteiger partial charge in [0.15, 0.2) is 0 Å². The van der Waals surface area contributed by atoms with E-state index in [1.54, 1.807) is 0 Å². The molecule has 166 valence electrons. The van der Waals surface area contributed by atoms with E-state index in [4.69, 9.17) is 0 Å². The maximum absolute atomic E-state index is 12.2. The summed E-state index contributed by atoms with van der Waals surface area (Å²) in [5, 5.41) is 9.65. The molecule has 2 aromatic carbocycles. The highest BCUT2D eigenvalue weighted by atomic mass is 16.1. The van der Waals surface area contributed by atoms with Gasteiger partial charge in [-0.05, 0) is 62.6 Å². The van der Waals surface area contributed by atoms with Gasteiger partial charge in [0.25, 0.3) is 0 Å². The minimum atomic E-state index is 0.0934. The zero-order valence-corrected chi connectivity index (χ0v) is 18.8. The number of anilines is 5. The smallest absolute Gasteiger partial charge is 0.224 e. The summed E-state index contributed by atoms with van der Waals surface area (Å²) in [6, 6.07) is 17.8. The average molecular weight is 430 g/mol. The van der Waals surface area contributed by atoms with Crippen LogP contribution in [-0.4, -0.2) is 15.9 Å². The first-order chi connectivity index (χ1) is 15.5. The van der Waals surface area contributed by atoms with Gasteiger partial charge in [0.1, 0.15) is 17.5 Å². The Balaban J connectivity index is 1.33. The van der Waals surface area contributed by atoms with Crippen molar-refractivity contribution in [3.05, 3.63) is 66.0 Å². The number of amides is 1. The van der Waals surface area contributed by atoms with Crippen molar-refractivity contribution in [2.75, 3.05) is 16.0 Å². The predicted octanol–water partition coefficient (Wildman–Crippen LogP) is 6.49. The Bertz CT molecular complexity index is 1040. The second kappa shape index (κ2) is 10.3. The van der Waals surface area contributed by atoms with Gasteiger partial charge < -0.3 is 16.0 Å². The van der Waals surface area contributed by atoms with Gasteiger partial charge in [-0.3, -0.25) is 4.79 Å². The molecule has 0 saturated heterocycles. The first-order valence-electron chi connectivity index (χ1n) is 11.4. The molecule has 0 spiro atoms. The van der Waals surface area contributed by atoms with Crippen LogP contribution in [0.5, 0.6) is 0 Å². The fraction of sp³-hybridized carbons (Fsp3) is 0.346. The van der Waals surface area contributed by atoms with Crippen molar-refractivity contribution < 1.29 is 4.79 Å². The topological polar surface area (TPSA) is 78.9 Å². The molecule has 0 aliphatic heterocycles. The van der Waals surface area contributed by atoms with E-state index >= 15 is 0 Å². The first-order valence-corrected chi connectivity index (χ1v) is 11.4. The molecule has 1 fully saturated rings. The third kappa shape index (κ3) is 6.30. The molecule has 1 amide bonds. The number of hydrogen-bond donors (Lipinski definition) is 3. The fourth-order valence-electron chi connectivity index (χ4n) is 4.12. The first kappa shape index (κ1) is 21.8. The molecule has 1 aliphatic rings. The van der Waals surface area contributed by atoms with Gasteiger partial charge in [0.2, 0.25) is 5.91 Å². The summed E-state index contributed by atoms with van der Waals surface area (Å²) in [6.45, 7) is 3.93.